The van der Waals surface area contributed by atoms with Crippen molar-refractivity contribution >= 4 is 17.6 Å². The number of carbonyl (C=O) groups excluding carboxylic acids is 2. The van der Waals surface area contributed by atoms with Crippen LogP contribution in [0.3, 0.4) is 0 Å². The Kier molecular flexibility index (Phi) is 7.03. The molecule has 2 heterocycles. The maximum atomic E-state index is 12.4. The van der Waals surface area contributed by atoms with Crippen LogP contribution < -0.4 is 4.90 Å². The highest BCUT2D eigenvalue weighted by Gasteiger charge is 2.26. The number of para-hydroxylation sites is 1. The molecule has 0 aliphatic carbocycles. The van der Waals surface area contributed by atoms with Crippen molar-refractivity contribution in [2.75, 3.05) is 38.2 Å². The number of piperidine rings is 2. The second-order valence-corrected chi connectivity index (χ2v) is 8.60. The number of likely N-dealkylation sites (tertiary alicyclic amines) is 1. The zero-order chi connectivity index (χ0) is 21.6. The van der Waals surface area contributed by atoms with Crippen LogP contribution in [0.1, 0.15) is 59.5 Å². The van der Waals surface area contributed by atoms with E-state index in [1.54, 1.807) is 0 Å². The first-order valence-corrected chi connectivity index (χ1v) is 11.4. The van der Waals surface area contributed by atoms with Gasteiger partial charge in [0, 0.05) is 31.7 Å². The van der Waals surface area contributed by atoms with Gasteiger partial charge in [0.25, 0.3) is 0 Å². The first-order valence-electron chi connectivity index (χ1n) is 11.4. The van der Waals surface area contributed by atoms with E-state index in [4.69, 9.17) is 4.74 Å². The molecule has 0 bridgehead atoms. The minimum Gasteiger partial charge on any atom is -0.465 e. The van der Waals surface area contributed by atoms with E-state index in [0.29, 0.717) is 17.9 Å². The summed E-state index contributed by atoms with van der Waals surface area (Å²) in [4.78, 5) is 29.1. The first-order chi connectivity index (χ1) is 15.2. The number of carbonyl (C=O) groups is 2. The smallest absolute Gasteiger partial charge is 0.338 e. The van der Waals surface area contributed by atoms with Crippen molar-refractivity contribution in [1.82, 2.24) is 4.90 Å². The summed E-state index contributed by atoms with van der Waals surface area (Å²) in [6.45, 7) is 3.79. The summed E-state index contributed by atoms with van der Waals surface area (Å²) >= 11 is 0. The van der Waals surface area contributed by atoms with Crippen molar-refractivity contribution in [2.24, 2.45) is 0 Å². The molecule has 0 aromatic heterocycles. The molecule has 164 valence electrons. The highest BCUT2D eigenvalue weighted by atomic mass is 16.5. The van der Waals surface area contributed by atoms with Gasteiger partial charge in [-0.25, -0.2) is 4.79 Å². The molecule has 1 unspecified atom stereocenters. The van der Waals surface area contributed by atoms with Crippen molar-refractivity contribution in [3.8, 4) is 0 Å². The molecule has 31 heavy (non-hydrogen) atoms. The Morgan fingerprint density at radius 2 is 1.84 bits per heavy atom. The molecule has 0 spiro atoms. The van der Waals surface area contributed by atoms with E-state index in [2.05, 4.69) is 29.2 Å². The predicted molar refractivity (Wildman–Crippen MR) is 123 cm³/mol. The Morgan fingerprint density at radius 3 is 2.68 bits per heavy atom. The Bertz CT molecular complexity index is 926. The summed E-state index contributed by atoms with van der Waals surface area (Å²) in [5, 5.41) is 0. The monoisotopic (exact) mass is 420 g/mol. The van der Waals surface area contributed by atoms with Gasteiger partial charge in [-0.2, -0.15) is 0 Å². The van der Waals surface area contributed by atoms with E-state index in [9.17, 15) is 9.59 Å². The largest absolute Gasteiger partial charge is 0.465 e. The molecule has 5 heteroatoms. The van der Waals surface area contributed by atoms with Crippen LogP contribution in [0.15, 0.2) is 48.5 Å². The molecule has 2 aromatic rings. The third kappa shape index (κ3) is 4.99. The second kappa shape index (κ2) is 10.1. The minimum atomic E-state index is -0.257. The summed E-state index contributed by atoms with van der Waals surface area (Å²) in [5.74, 6) is 0.326. The van der Waals surface area contributed by atoms with E-state index < -0.39 is 0 Å². The maximum absolute atomic E-state index is 12.4. The SMILES string of the molecule is COC(=O)c1ccccc1C1CCCN(CCc2ccccc2N2CCCCC2=O)C1. The molecule has 0 saturated carbocycles. The Labute approximate surface area is 185 Å². The third-order valence-electron chi connectivity index (χ3n) is 6.61. The quantitative estimate of drug-likeness (QED) is 0.650. The lowest BCUT2D eigenvalue weighted by Gasteiger charge is -2.34. The van der Waals surface area contributed by atoms with E-state index in [1.807, 2.05) is 29.2 Å². The maximum Gasteiger partial charge on any atom is 0.338 e. The summed E-state index contributed by atoms with van der Waals surface area (Å²) in [7, 11) is 1.44. The fourth-order valence-electron chi connectivity index (χ4n) is 4.99. The molecular formula is C26H32N2O3. The molecule has 4 rings (SSSR count). The van der Waals surface area contributed by atoms with Gasteiger partial charge in [-0.3, -0.25) is 4.79 Å². The van der Waals surface area contributed by atoms with E-state index in [0.717, 1.165) is 69.5 Å². The summed E-state index contributed by atoms with van der Waals surface area (Å²) in [6, 6.07) is 16.2. The Balaban J connectivity index is 1.44. The number of rotatable bonds is 6. The van der Waals surface area contributed by atoms with Crippen molar-refractivity contribution in [3.05, 3.63) is 65.2 Å². The summed E-state index contributed by atoms with van der Waals surface area (Å²) in [6.07, 6.45) is 5.86. The van der Waals surface area contributed by atoms with Gasteiger partial charge in [-0.05, 0) is 67.8 Å². The van der Waals surface area contributed by atoms with E-state index >= 15 is 0 Å². The van der Waals surface area contributed by atoms with Crippen LogP contribution in [0.25, 0.3) is 0 Å². The molecule has 2 aromatic carbocycles. The lowest BCUT2D eigenvalue weighted by Crippen LogP contribution is -2.37. The average molecular weight is 421 g/mol. The molecule has 0 radical (unpaired) electrons. The zero-order valence-electron chi connectivity index (χ0n) is 18.4. The molecular weight excluding hydrogens is 388 g/mol. The molecule has 5 nitrogen and oxygen atoms in total. The minimum absolute atomic E-state index is 0.246. The van der Waals surface area contributed by atoms with Gasteiger partial charge >= 0.3 is 5.97 Å². The number of amides is 1. The van der Waals surface area contributed by atoms with Crippen LogP contribution >= 0.6 is 0 Å². The fourth-order valence-corrected chi connectivity index (χ4v) is 4.99. The third-order valence-corrected chi connectivity index (χ3v) is 6.61. The van der Waals surface area contributed by atoms with Crippen molar-refractivity contribution in [1.29, 1.82) is 0 Å². The van der Waals surface area contributed by atoms with Gasteiger partial charge in [0.1, 0.15) is 0 Å². The van der Waals surface area contributed by atoms with Gasteiger partial charge in [0.2, 0.25) is 5.91 Å². The number of anilines is 1. The number of hydrogen-bond donors (Lipinski definition) is 0. The van der Waals surface area contributed by atoms with Crippen LogP contribution in [-0.2, 0) is 16.0 Å². The molecule has 2 saturated heterocycles. The molecule has 2 fully saturated rings. The highest BCUT2D eigenvalue weighted by molar-refractivity contribution is 5.94. The number of esters is 1. The van der Waals surface area contributed by atoms with Crippen LogP contribution in [0.5, 0.6) is 0 Å². The molecule has 1 amide bonds. The molecule has 2 aliphatic heterocycles. The number of methoxy groups -OCH3 is 1. The van der Waals surface area contributed by atoms with Crippen molar-refractivity contribution in [3.63, 3.8) is 0 Å². The van der Waals surface area contributed by atoms with E-state index in [-0.39, 0.29) is 11.9 Å². The number of nitrogens with zero attached hydrogens (tertiary/aromatic N) is 2. The normalized spacial score (nSPS) is 20.0. The van der Waals surface area contributed by atoms with Gasteiger partial charge in [0.15, 0.2) is 0 Å². The Hall–Kier alpha value is -2.66. The molecule has 1 atom stereocenters. The Morgan fingerprint density at radius 1 is 1.03 bits per heavy atom. The highest BCUT2D eigenvalue weighted by Crippen LogP contribution is 2.31. The van der Waals surface area contributed by atoms with Crippen LogP contribution in [0, 0.1) is 0 Å². The van der Waals surface area contributed by atoms with Gasteiger partial charge < -0.3 is 14.5 Å². The fraction of sp³-hybridized carbons (Fsp3) is 0.462. The second-order valence-electron chi connectivity index (χ2n) is 8.60. The summed E-state index contributed by atoms with van der Waals surface area (Å²) in [5.41, 5.74) is 4.11. The van der Waals surface area contributed by atoms with E-state index in [1.165, 1.54) is 12.7 Å². The zero-order valence-corrected chi connectivity index (χ0v) is 18.4. The predicted octanol–water partition coefficient (Wildman–Crippen LogP) is 4.41. The van der Waals surface area contributed by atoms with Crippen molar-refractivity contribution < 1.29 is 14.3 Å². The first kappa shape index (κ1) is 21.6. The van der Waals surface area contributed by atoms with Gasteiger partial charge in [0.05, 0.1) is 12.7 Å². The lowest BCUT2D eigenvalue weighted by atomic mass is 9.87. The van der Waals surface area contributed by atoms with Gasteiger partial charge in [-0.15, -0.1) is 0 Å². The van der Waals surface area contributed by atoms with Crippen molar-refractivity contribution in [2.45, 2.75) is 44.4 Å². The van der Waals surface area contributed by atoms with Gasteiger partial charge in [-0.1, -0.05) is 36.4 Å². The lowest BCUT2D eigenvalue weighted by molar-refractivity contribution is -0.119. The number of ether oxygens (including phenoxy) is 1. The molecule has 0 N–H and O–H groups in total. The van der Waals surface area contributed by atoms with Crippen LogP contribution in [0.4, 0.5) is 5.69 Å². The number of hydrogen-bond acceptors (Lipinski definition) is 4. The molecule has 2 aliphatic rings. The van der Waals surface area contributed by atoms with Crippen LogP contribution in [-0.4, -0.2) is 50.1 Å². The van der Waals surface area contributed by atoms with Crippen LogP contribution in [0.2, 0.25) is 0 Å². The topological polar surface area (TPSA) is 49.9 Å². The summed E-state index contributed by atoms with van der Waals surface area (Å²) < 4.78 is 4.99. The number of benzene rings is 2. The average Bonchev–Trinajstić information content (AvgIpc) is 2.83. The standard InChI is InChI=1S/C26H32N2O3/c1-31-26(30)23-12-4-3-11-22(23)21-10-8-16-27(19-21)18-15-20-9-2-5-13-24(20)28-17-7-6-14-25(28)29/h2-5,9,11-13,21H,6-8,10,14-19H2,1H3.